The molecule has 0 heterocycles. The molecule has 1 aromatic carbocycles. The average molecular weight is 228 g/mol. The molecule has 1 aliphatic carbocycles. The van der Waals surface area contributed by atoms with Crippen LogP contribution in [0.1, 0.15) is 43.5 Å². The summed E-state index contributed by atoms with van der Waals surface area (Å²) in [5, 5.41) is 0.596. The van der Waals surface area contributed by atoms with Crippen molar-refractivity contribution in [2.24, 2.45) is 5.73 Å². The van der Waals surface area contributed by atoms with Crippen LogP contribution >= 0.6 is 11.6 Å². The molecule has 3 heteroatoms. The molecule has 0 spiro atoms. The SMILES string of the molecule is CC(F)c1ccc(C2(N)CCC2)c(Cl)c1. The fourth-order valence-corrected chi connectivity index (χ4v) is 2.39. The molecule has 1 fully saturated rings. The molecule has 1 unspecified atom stereocenters. The molecule has 15 heavy (non-hydrogen) atoms. The molecule has 1 saturated carbocycles. The lowest BCUT2D eigenvalue weighted by molar-refractivity contribution is 0.253. The third-order valence-corrected chi connectivity index (χ3v) is 3.55. The lowest BCUT2D eigenvalue weighted by atomic mass is 9.72. The summed E-state index contributed by atoms with van der Waals surface area (Å²) in [5.74, 6) is 0. The van der Waals surface area contributed by atoms with Crippen molar-refractivity contribution in [1.82, 2.24) is 0 Å². The third kappa shape index (κ3) is 1.88. The maximum atomic E-state index is 13.0. The first-order valence-corrected chi connectivity index (χ1v) is 5.64. The number of benzene rings is 1. The second kappa shape index (κ2) is 3.76. The van der Waals surface area contributed by atoms with Gasteiger partial charge < -0.3 is 5.73 Å². The summed E-state index contributed by atoms with van der Waals surface area (Å²) in [6, 6.07) is 5.33. The number of nitrogens with two attached hydrogens (primary N) is 1. The summed E-state index contributed by atoms with van der Waals surface area (Å²) < 4.78 is 13.0. The Morgan fingerprint density at radius 1 is 1.47 bits per heavy atom. The Bertz CT molecular complexity index is 372. The van der Waals surface area contributed by atoms with Gasteiger partial charge in [0, 0.05) is 10.6 Å². The number of hydrogen-bond donors (Lipinski definition) is 1. The van der Waals surface area contributed by atoms with E-state index in [9.17, 15) is 4.39 Å². The van der Waals surface area contributed by atoms with Crippen LogP contribution in [-0.4, -0.2) is 0 Å². The molecule has 0 radical (unpaired) electrons. The Morgan fingerprint density at radius 2 is 2.13 bits per heavy atom. The van der Waals surface area contributed by atoms with E-state index in [1.165, 1.54) is 6.92 Å². The van der Waals surface area contributed by atoms with Gasteiger partial charge in [-0.1, -0.05) is 23.7 Å². The van der Waals surface area contributed by atoms with Gasteiger partial charge in [-0.3, -0.25) is 0 Å². The highest BCUT2D eigenvalue weighted by Gasteiger charge is 2.35. The molecule has 0 aliphatic heterocycles. The smallest absolute Gasteiger partial charge is 0.122 e. The summed E-state index contributed by atoms with van der Waals surface area (Å²) in [6.45, 7) is 1.51. The van der Waals surface area contributed by atoms with Crippen LogP contribution in [0.4, 0.5) is 4.39 Å². The van der Waals surface area contributed by atoms with E-state index in [2.05, 4.69) is 0 Å². The monoisotopic (exact) mass is 227 g/mol. The summed E-state index contributed by atoms with van der Waals surface area (Å²) in [5.41, 5.74) is 7.48. The highest BCUT2D eigenvalue weighted by molar-refractivity contribution is 6.31. The molecule has 2 N–H and O–H groups in total. The lowest BCUT2D eigenvalue weighted by Gasteiger charge is -2.39. The molecular weight excluding hydrogens is 213 g/mol. The second-order valence-electron chi connectivity index (χ2n) is 4.36. The van der Waals surface area contributed by atoms with Crippen molar-refractivity contribution in [3.05, 3.63) is 34.3 Å². The zero-order valence-electron chi connectivity index (χ0n) is 8.76. The largest absolute Gasteiger partial charge is 0.321 e. The van der Waals surface area contributed by atoms with Crippen LogP contribution < -0.4 is 5.73 Å². The molecule has 0 amide bonds. The second-order valence-corrected chi connectivity index (χ2v) is 4.77. The minimum Gasteiger partial charge on any atom is -0.321 e. The molecule has 1 atom stereocenters. The van der Waals surface area contributed by atoms with Crippen molar-refractivity contribution in [3.8, 4) is 0 Å². The van der Waals surface area contributed by atoms with E-state index in [0.29, 0.717) is 10.6 Å². The topological polar surface area (TPSA) is 26.0 Å². The molecule has 0 saturated heterocycles. The van der Waals surface area contributed by atoms with Crippen LogP contribution in [0.5, 0.6) is 0 Å². The van der Waals surface area contributed by atoms with Gasteiger partial charge in [0.1, 0.15) is 6.17 Å². The quantitative estimate of drug-likeness (QED) is 0.819. The van der Waals surface area contributed by atoms with Crippen LogP contribution in [0.2, 0.25) is 5.02 Å². The van der Waals surface area contributed by atoms with Crippen molar-refractivity contribution in [3.63, 3.8) is 0 Å². The molecular formula is C12H15ClFN. The van der Waals surface area contributed by atoms with Gasteiger partial charge in [0.25, 0.3) is 0 Å². The summed E-state index contributed by atoms with van der Waals surface area (Å²) in [6.07, 6.45) is 2.11. The zero-order chi connectivity index (χ0) is 11.1. The highest BCUT2D eigenvalue weighted by Crippen LogP contribution is 2.42. The van der Waals surface area contributed by atoms with E-state index in [1.807, 2.05) is 6.07 Å². The first kappa shape index (κ1) is 10.9. The molecule has 1 aliphatic rings. The van der Waals surface area contributed by atoms with Gasteiger partial charge in [-0.2, -0.15) is 0 Å². The van der Waals surface area contributed by atoms with E-state index < -0.39 is 6.17 Å². The Morgan fingerprint density at radius 3 is 2.53 bits per heavy atom. The molecule has 0 bridgehead atoms. The van der Waals surface area contributed by atoms with Gasteiger partial charge in [0.15, 0.2) is 0 Å². The first-order valence-electron chi connectivity index (χ1n) is 5.26. The van der Waals surface area contributed by atoms with Gasteiger partial charge in [-0.25, -0.2) is 4.39 Å². The maximum absolute atomic E-state index is 13.0. The molecule has 1 aromatic rings. The van der Waals surface area contributed by atoms with Crippen LogP contribution in [0.3, 0.4) is 0 Å². The maximum Gasteiger partial charge on any atom is 0.122 e. The highest BCUT2D eigenvalue weighted by atomic mass is 35.5. The van der Waals surface area contributed by atoms with Crippen molar-refractivity contribution in [2.75, 3.05) is 0 Å². The van der Waals surface area contributed by atoms with E-state index in [4.69, 9.17) is 17.3 Å². The van der Waals surface area contributed by atoms with Crippen LogP contribution in [0.15, 0.2) is 18.2 Å². The van der Waals surface area contributed by atoms with Crippen molar-refractivity contribution >= 4 is 11.6 Å². The molecule has 0 aromatic heterocycles. The number of rotatable bonds is 2. The van der Waals surface area contributed by atoms with Crippen LogP contribution in [0, 0.1) is 0 Å². The number of alkyl halides is 1. The predicted molar refractivity (Wildman–Crippen MR) is 60.7 cm³/mol. The third-order valence-electron chi connectivity index (χ3n) is 3.23. The van der Waals surface area contributed by atoms with Gasteiger partial charge >= 0.3 is 0 Å². The summed E-state index contributed by atoms with van der Waals surface area (Å²) in [4.78, 5) is 0. The fraction of sp³-hybridized carbons (Fsp3) is 0.500. The Hall–Kier alpha value is -0.600. The van der Waals surface area contributed by atoms with E-state index in [-0.39, 0.29) is 5.54 Å². The van der Waals surface area contributed by atoms with E-state index in [1.54, 1.807) is 12.1 Å². The molecule has 1 nitrogen and oxygen atoms in total. The zero-order valence-corrected chi connectivity index (χ0v) is 9.52. The Kier molecular flexibility index (Phi) is 2.73. The molecule has 82 valence electrons. The van der Waals surface area contributed by atoms with Gasteiger partial charge in [0.05, 0.1) is 0 Å². The lowest BCUT2D eigenvalue weighted by Crippen LogP contribution is -2.43. The standard InChI is InChI=1S/C12H15ClFN/c1-8(14)9-3-4-10(11(13)7-9)12(15)5-2-6-12/h3-4,7-8H,2,5-6,15H2,1H3. The normalized spacial score (nSPS) is 20.8. The van der Waals surface area contributed by atoms with Crippen molar-refractivity contribution < 1.29 is 4.39 Å². The van der Waals surface area contributed by atoms with Gasteiger partial charge in [0.2, 0.25) is 0 Å². The summed E-state index contributed by atoms with van der Waals surface area (Å²) in [7, 11) is 0. The van der Waals surface area contributed by atoms with Gasteiger partial charge in [-0.05, 0) is 43.4 Å². The summed E-state index contributed by atoms with van der Waals surface area (Å²) >= 11 is 6.12. The van der Waals surface area contributed by atoms with Crippen molar-refractivity contribution in [2.45, 2.75) is 37.9 Å². The number of halogens is 2. The predicted octanol–water partition coefficient (Wildman–Crippen LogP) is 3.71. The number of hydrogen-bond acceptors (Lipinski definition) is 1. The average Bonchev–Trinajstić information content (AvgIpc) is 2.14. The Labute approximate surface area is 94.4 Å². The van der Waals surface area contributed by atoms with Crippen molar-refractivity contribution in [1.29, 1.82) is 0 Å². The van der Waals surface area contributed by atoms with E-state index in [0.717, 1.165) is 24.8 Å². The minimum atomic E-state index is -0.980. The van der Waals surface area contributed by atoms with Crippen LogP contribution in [-0.2, 0) is 5.54 Å². The minimum absolute atomic E-state index is 0.269. The fourth-order valence-electron chi connectivity index (χ4n) is 2.01. The van der Waals surface area contributed by atoms with E-state index >= 15 is 0 Å². The van der Waals surface area contributed by atoms with Gasteiger partial charge in [-0.15, -0.1) is 0 Å². The Balaban J connectivity index is 2.34. The molecule has 2 rings (SSSR count). The van der Waals surface area contributed by atoms with Crippen LogP contribution in [0.25, 0.3) is 0 Å². The first-order chi connectivity index (χ1) is 7.03.